The first-order valence-corrected chi connectivity index (χ1v) is 9.95. The fourth-order valence-corrected chi connectivity index (χ4v) is 3.99. The van der Waals surface area contributed by atoms with Crippen molar-refractivity contribution in [2.45, 2.75) is 6.42 Å². The van der Waals surface area contributed by atoms with Crippen molar-refractivity contribution < 1.29 is 4.79 Å². The van der Waals surface area contributed by atoms with Crippen LogP contribution in [0.15, 0.2) is 60.7 Å². The predicted octanol–water partition coefficient (Wildman–Crippen LogP) is 3.14. The van der Waals surface area contributed by atoms with Crippen molar-refractivity contribution in [1.29, 1.82) is 0 Å². The summed E-state index contributed by atoms with van der Waals surface area (Å²) in [5.41, 5.74) is 2.32. The average Bonchev–Trinajstić information content (AvgIpc) is 3.10. The van der Waals surface area contributed by atoms with Gasteiger partial charge in [0.05, 0.1) is 0 Å². The number of piperazine rings is 1. The van der Waals surface area contributed by atoms with Gasteiger partial charge in [0.1, 0.15) is 0 Å². The van der Waals surface area contributed by atoms with Crippen molar-refractivity contribution in [3.05, 3.63) is 60.7 Å². The van der Waals surface area contributed by atoms with E-state index in [-0.39, 0.29) is 6.03 Å². The maximum atomic E-state index is 12.6. The zero-order chi connectivity index (χ0) is 18.5. The minimum Gasteiger partial charge on any atom is -0.369 e. The zero-order valence-corrected chi connectivity index (χ0v) is 15.8. The fraction of sp³-hybridized carbons (Fsp3) is 0.409. The van der Waals surface area contributed by atoms with Gasteiger partial charge in [-0.25, -0.2) is 4.79 Å². The Bertz CT molecular complexity index is 728. The minimum atomic E-state index is 0.148. The molecule has 2 aromatic carbocycles. The summed E-state index contributed by atoms with van der Waals surface area (Å²) in [6, 6.07) is 20.8. The number of anilines is 2. The highest BCUT2D eigenvalue weighted by atomic mass is 16.2. The zero-order valence-electron chi connectivity index (χ0n) is 15.8. The molecule has 27 heavy (non-hydrogen) atoms. The summed E-state index contributed by atoms with van der Waals surface area (Å²) < 4.78 is 0. The van der Waals surface area contributed by atoms with Crippen LogP contribution in [0.1, 0.15) is 6.42 Å². The number of carbonyl (C=O) groups excluding carboxylic acids is 1. The van der Waals surface area contributed by atoms with Crippen LogP contribution in [0.2, 0.25) is 0 Å². The summed E-state index contributed by atoms with van der Waals surface area (Å²) in [6.07, 6.45) is 1.04. The highest BCUT2D eigenvalue weighted by Gasteiger charge is 2.29. The van der Waals surface area contributed by atoms with E-state index in [0.717, 1.165) is 64.5 Å². The molecule has 2 fully saturated rings. The van der Waals surface area contributed by atoms with Crippen LogP contribution in [0.4, 0.5) is 16.2 Å². The Labute approximate surface area is 161 Å². The Morgan fingerprint density at radius 2 is 1.30 bits per heavy atom. The van der Waals surface area contributed by atoms with Gasteiger partial charge in [0, 0.05) is 57.2 Å². The molecule has 0 saturated carbocycles. The Morgan fingerprint density at radius 1 is 0.667 bits per heavy atom. The van der Waals surface area contributed by atoms with Gasteiger partial charge in [-0.1, -0.05) is 36.4 Å². The molecular weight excluding hydrogens is 336 g/mol. The lowest BCUT2D eigenvalue weighted by Gasteiger charge is -2.36. The molecule has 2 amide bonds. The number of hydrogen-bond donors (Lipinski definition) is 0. The van der Waals surface area contributed by atoms with Crippen LogP contribution in [0, 0.1) is 0 Å². The van der Waals surface area contributed by atoms with Gasteiger partial charge in [0.2, 0.25) is 0 Å². The molecule has 2 aromatic rings. The number of para-hydroxylation sites is 2. The molecule has 2 heterocycles. The van der Waals surface area contributed by atoms with Crippen molar-refractivity contribution in [1.82, 2.24) is 9.80 Å². The van der Waals surface area contributed by atoms with Crippen molar-refractivity contribution in [3.8, 4) is 0 Å². The summed E-state index contributed by atoms with van der Waals surface area (Å²) in [4.78, 5) is 21.5. The summed E-state index contributed by atoms with van der Waals surface area (Å²) in [6.45, 7) is 7.88. The maximum Gasteiger partial charge on any atom is 0.324 e. The van der Waals surface area contributed by atoms with Crippen LogP contribution >= 0.6 is 0 Å². The van der Waals surface area contributed by atoms with Crippen LogP contribution in [0.25, 0.3) is 0 Å². The molecule has 4 rings (SSSR count). The summed E-state index contributed by atoms with van der Waals surface area (Å²) in [7, 11) is 0. The first-order chi connectivity index (χ1) is 13.3. The SMILES string of the molecule is O=C1N(CCCN2CCN(c3ccccc3)CC2)CCN1c1ccccc1. The molecule has 2 aliphatic heterocycles. The third-order valence-corrected chi connectivity index (χ3v) is 5.56. The molecular formula is C22H28N4O. The van der Waals surface area contributed by atoms with E-state index >= 15 is 0 Å². The molecule has 0 bridgehead atoms. The second kappa shape index (κ2) is 8.44. The lowest BCUT2D eigenvalue weighted by molar-refractivity contribution is 0.210. The van der Waals surface area contributed by atoms with Crippen LogP contribution in [0.5, 0.6) is 0 Å². The van der Waals surface area contributed by atoms with E-state index < -0.39 is 0 Å². The molecule has 142 valence electrons. The van der Waals surface area contributed by atoms with Crippen LogP contribution < -0.4 is 9.80 Å². The molecule has 5 nitrogen and oxygen atoms in total. The van der Waals surface area contributed by atoms with Gasteiger partial charge in [-0.05, 0) is 37.2 Å². The maximum absolute atomic E-state index is 12.6. The third kappa shape index (κ3) is 4.25. The summed E-state index contributed by atoms with van der Waals surface area (Å²) in [5, 5.41) is 0. The van der Waals surface area contributed by atoms with E-state index in [4.69, 9.17) is 0 Å². The minimum absolute atomic E-state index is 0.148. The summed E-state index contributed by atoms with van der Waals surface area (Å²) >= 11 is 0. The van der Waals surface area contributed by atoms with E-state index in [1.807, 2.05) is 40.1 Å². The topological polar surface area (TPSA) is 30.0 Å². The molecule has 0 atom stereocenters. The standard InChI is InChI=1S/C22H28N4O/c27-22-25(18-19-26(22)21-10-5-2-6-11-21)13-7-12-23-14-16-24(17-15-23)20-8-3-1-4-9-20/h1-6,8-11H,7,12-19H2. The molecule has 2 saturated heterocycles. The van der Waals surface area contributed by atoms with Gasteiger partial charge in [-0.3, -0.25) is 9.80 Å². The Kier molecular flexibility index (Phi) is 5.58. The predicted molar refractivity (Wildman–Crippen MR) is 110 cm³/mol. The molecule has 0 radical (unpaired) electrons. The number of urea groups is 1. The van der Waals surface area contributed by atoms with Gasteiger partial charge < -0.3 is 9.80 Å². The number of amides is 2. The number of carbonyl (C=O) groups is 1. The largest absolute Gasteiger partial charge is 0.369 e. The quantitative estimate of drug-likeness (QED) is 0.789. The second-order valence-corrected chi connectivity index (χ2v) is 7.27. The van der Waals surface area contributed by atoms with E-state index in [0.29, 0.717) is 0 Å². The highest BCUT2D eigenvalue weighted by molar-refractivity contribution is 5.94. The van der Waals surface area contributed by atoms with Crippen LogP contribution in [0.3, 0.4) is 0 Å². The molecule has 0 aromatic heterocycles. The number of rotatable bonds is 6. The molecule has 2 aliphatic rings. The van der Waals surface area contributed by atoms with Crippen molar-refractivity contribution in [2.24, 2.45) is 0 Å². The Morgan fingerprint density at radius 3 is 1.96 bits per heavy atom. The van der Waals surface area contributed by atoms with Crippen LogP contribution in [-0.4, -0.2) is 68.2 Å². The summed E-state index contributed by atoms with van der Waals surface area (Å²) in [5.74, 6) is 0. The second-order valence-electron chi connectivity index (χ2n) is 7.27. The third-order valence-electron chi connectivity index (χ3n) is 5.56. The fourth-order valence-electron chi connectivity index (χ4n) is 3.99. The molecule has 0 N–H and O–H groups in total. The first kappa shape index (κ1) is 17.9. The lowest BCUT2D eigenvalue weighted by atomic mass is 10.2. The highest BCUT2D eigenvalue weighted by Crippen LogP contribution is 2.20. The van der Waals surface area contributed by atoms with E-state index in [1.54, 1.807) is 0 Å². The smallest absolute Gasteiger partial charge is 0.324 e. The normalized spacial score (nSPS) is 18.4. The molecule has 0 spiro atoms. The van der Waals surface area contributed by atoms with Gasteiger partial charge >= 0.3 is 6.03 Å². The Balaban J connectivity index is 1.19. The van der Waals surface area contributed by atoms with Crippen LogP contribution in [-0.2, 0) is 0 Å². The van der Waals surface area contributed by atoms with Gasteiger partial charge in [0.15, 0.2) is 0 Å². The Hall–Kier alpha value is -2.53. The van der Waals surface area contributed by atoms with Crippen molar-refractivity contribution in [3.63, 3.8) is 0 Å². The number of benzene rings is 2. The van der Waals surface area contributed by atoms with Crippen molar-refractivity contribution >= 4 is 17.4 Å². The lowest BCUT2D eigenvalue weighted by Crippen LogP contribution is -2.47. The van der Waals surface area contributed by atoms with E-state index in [9.17, 15) is 4.79 Å². The van der Waals surface area contributed by atoms with Gasteiger partial charge in [-0.2, -0.15) is 0 Å². The average molecular weight is 364 g/mol. The number of hydrogen-bond acceptors (Lipinski definition) is 3. The van der Waals surface area contributed by atoms with Crippen molar-refractivity contribution in [2.75, 3.05) is 62.2 Å². The first-order valence-electron chi connectivity index (χ1n) is 9.95. The van der Waals surface area contributed by atoms with Gasteiger partial charge in [0.25, 0.3) is 0 Å². The number of nitrogens with zero attached hydrogens (tertiary/aromatic N) is 4. The molecule has 5 heteroatoms. The van der Waals surface area contributed by atoms with Gasteiger partial charge in [-0.15, -0.1) is 0 Å². The van der Waals surface area contributed by atoms with E-state index in [2.05, 4.69) is 40.1 Å². The monoisotopic (exact) mass is 364 g/mol. The molecule has 0 aliphatic carbocycles. The van der Waals surface area contributed by atoms with E-state index in [1.165, 1.54) is 5.69 Å². The molecule has 0 unspecified atom stereocenters.